The van der Waals surface area contributed by atoms with E-state index >= 15 is 0 Å². The van der Waals surface area contributed by atoms with Gasteiger partial charge < -0.3 is 24.7 Å². The summed E-state index contributed by atoms with van der Waals surface area (Å²) in [6.07, 6.45) is -10.7. The maximum absolute atomic E-state index is 14.0. The van der Waals surface area contributed by atoms with Crippen molar-refractivity contribution in [3.05, 3.63) is 69.6 Å². The zero-order valence-electron chi connectivity index (χ0n) is 26.7. The molecule has 2 aromatic carbocycles. The number of amides is 2. The van der Waals surface area contributed by atoms with Crippen molar-refractivity contribution in [3.63, 3.8) is 0 Å². The van der Waals surface area contributed by atoms with Gasteiger partial charge in [0.25, 0.3) is 0 Å². The molecule has 2 atom stereocenters. The fourth-order valence-electron chi connectivity index (χ4n) is 6.92. The monoisotopic (exact) mass is 698 g/mol. The van der Waals surface area contributed by atoms with E-state index in [2.05, 4.69) is 10.3 Å². The fraction of sp³-hybridized carbons (Fsp3) is 0.515. The van der Waals surface area contributed by atoms with Gasteiger partial charge in [-0.3, -0.25) is 9.59 Å². The lowest BCUT2D eigenvalue weighted by Crippen LogP contribution is -2.54. The van der Waals surface area contributed by atoms with Crippen LogP contribution in [0.3, 0.4) is 0 Å². The molecule has 1 aliphatic heterocycles. The van der Waals surface area contributed by atoms with Crippen LogP contribution in [-0.2, 0) is 38.4 Å². The zero-order valence-corrected chi connectivity index (χ0v) is 26.7. The van der Waals surface area contributed by atoms with Crippen LogP contribution in [0.15, 0.2) is 47.3 Å². The summed E-state index contributed by atoms with van der Waals surface area (Å²) < 4.78 is 94.2. The molecule has 0 radical (unpaired) electrons. The molecule has 1 saturated carbocycles. The number of aromatic nitrogens is 2. The number of imidazole rings is 1. The van der Waals surface area contributed by atoms with E-state index in [1.807, 2.05) is 0 Å². The largest absolute Gasteiger partial charge is 0.471 e. The Labute approximate surface area is 276 Å². The van der Waals surface area contributed by atoms with Gasteiger partial charge >= 0.3 is 30.0 Å². The summed E-state index contributed by atoms with van der Waals surface area (Å²) in [5, 5.41) is 2.64. The van der Waals surface area contributed by atoms with Gasteiger partial charge in [-0.2, -0.15) is 30.9 Å². The predicted molar refractivity (Wildman–Crippen MR) is 163 cm³/mol. The third-order valence-electron chi connectivity index (χ3n) is 9.57. The smallest absolute Gasteiger partial charge is 0.444 e. The van der Waals surface area contributed by atoms with Gasteiger partial charge in [0.05, 0.1) is 22.0 Å². The molecule has 1 aromatic heterocycles. The molecule has 2 heterocycles. The number of hydrogen-bond donors (Lipinski definition) is 2. The molecule has 0 unspecified atom stereocenters. The van der Waals surface area contributed by atoms with Crippen LogP contribution in [0.4, 0.5) is 31.1 Å². The number of carbonyl (C=O) groups excluding carboxylic acids is 3. The number of nitrogens with zero attached hydrogens (tertiary/aromatic N) is 2. The second-order valence-electron chi connectivity index (χ2n) is 12.8. The van der Waals surface area contributed by atoms with Crippen LogP contribution < -0.4 is 11.0 Å². The highest BCUT2D eigenvalue weighted by Gasteiger charge is 2.54. The van der Waals surface area contributed by atoms with Crippen LogP contribution >= 0.6 is 0 Å². The van der Waals surface area contributed by atoms with Gasteiger partial charge in [0.1, 0.15) is 6.61 Å². The van der Waals surface area contributed by atoms with Crippen LogP contribution in [0.2, 0.25) is 0 Å². The molecular formula is C33H36F6N4O6. The van der Waals surface area contributed by atoms with E-state index in [1.54, 1.807) is 44.2 Å². The number of rotatable bonds is 8. The number of fused-ring (bicyclic) bond motifs is 1. The van der Waals surface area contributed by atoms with Crippen molar-refractivity contribution in [1.82, 2.24) is 19.8 Å². The Kier molecular flexibility index (Phi) is 10.2. The highest BCUT2D eigenvalue weighted by Crippen LogP contribution is 2.48. The molecule has 10 nitrogen and oxygen atoms in total. The summed E-state index contributed by atoms with van der Waals surface area (Å²) in [6, 6.07) is 8.17. The first-order valence-electron chi connectivity index (χ1n) is 15.8. The highest BCUT2D eigenvalue weighted by atomic mass is 19.4. The molecule has 2 aliphatic rings. The van der Waals surface area contributed by atoms with E-state index < -0.39 is 77.0 Å². The van der Waals surface area contributed by atoms with Gasteiger partial charge in [0, 0.05) is 31.8 Å². The van der Waals surface area contributed by atoms with Crippen molar-refractivity contribution < 1.29 is 50.2 Å². The molecule has 266 valence electrons. The van der Waals surface area contributed by atoms with Crippen molar-refractivity contribution in [1.29, 1.82) is 0 Å². The first kappa shape index (κ1) is 36.0. The second kappa shape index (κ2) is 13.9. The van der Waals surface area contributed by atoms with E-state index in [1.165, 1.54) is 0 Å². The molecule has 1 saturated heterocycles. The van der Waals surface area contributed by atoms with Crippen LogP contribution in [0, 0.1) is 11.3 Å². The average Bonchev–Trinajstić information content (AvgIpc) is 3.64. The van der Waals surface area contributed by atoms with E-state index in [0.29, 0.717) is 16.2 Å². The highest BCUT2D eigenvalue weighted by molar-refractivity contribution is 5.90. The standard InChI is InChI=1S/C33H36F6N4O6/c1-19(2)31(11-8-24(16-31)42(28(45)33(37,38)39)23-9-12-48-13-10-23)27(44)40-17-21-14-22(32(34,35)36)15-25-26(21)41-29(46)43(25)30(47)49-18-20-6-4-3-5-7-20/h3-7,14-15,19,23-24H,8-13,16-18H2,1-2H3,(H,40,44)(H,41,46)/t24-,31+/m1/s1. The lowest BCUT2D eigenvalue weighted by molar-refractivity contribution is -0.192. The molecule has 2 N–H and O–H groups in total. The first-order valence-corrected chi connectivity index (χ1v) is 15.8. The van der Waals surface area contributed by atoms with Crippen molar-refractivity contribution in [2.24, 2.45) is 11.3 Å². The molecule has 3 aromatic rings. The summed E-state index contributed by atoms with van der Waals surface area (Å²) >= 11 is 0. The molecule has 2 amide bonds. The van der Waals surface area contributed by atoms with Gasteiger partial charge in [0.2, 0.25) is 5.91 Å². The third-order valence-corrected chi connectivity index (χ3v) is 9.57. The summed E-state index contributed by atoms with van der Waals surface area (Å²) in [5.74, 6) is -3.02. The fourth-order valence-corrected chi connectivity index (χ4v) is 6.92. The number of alkyl halides is 6. The lowest BCUT2D eigenvalue weighted by Gasteiger charge is -2.40. The molecule has 1 aliphatic carbocycles. The van der Waals surface area contributed by atoms with Gasteiger partial charge in [-0.25, -0.2) is 9.59 Å². The molecule has 0 spiro atoms. The minimum atomic E-state index is -5.13. The topological polar surface area (TPSA) is 123 Å². The van der Waals surface area contributed by atoms with E-state index in [0.717, 1.165) is 11.0 Å². The molecule has 49 heavy (non-hydrogen) atoms. The number of carbonyl (C=O) groups is 3. The normalized spacial score (nSPS) is 20.5. The van der Waals surface area contributed by atoms with Crippen LogP contribution in [0.1, 0.15) is 62.6 Å². The number of nitrogens with one attached hydrogen (secondary N) is 2. The number of H-pyrrole nitrogens is 1. The van der Waals surface area contributed by atoms with Gasteiger partial charge in [-0.1, -0.05) is 44.2 Å². The zero-order chi connectivity index (χ0) is 35.7. The van der Waals surface area contributed by atoms with Crippen molar-refractivity contribution >= 4 is 28.9 Å². The summed E-state index contributed by atoms with van der Waals surface area (Å²) in [5.41, 5.74) is -3.63. The Morgan fingerprint density at radius 2 is 1.71 bits per heavy atom. The third kappa shape index (κ3) is 7.48. The van der Waals surface area contributed by atoms with Crippen molar-refractivity contribution in [3.8, 4) is 0 Å². The van der Waals surface area contributed by atoms with Crippen LogP contribution in [0.25, 0.3) is 11.0 Å². The minimum Gasteiger partial charge on any atom is -0.444 e. The van der Waals surface area contributed by atoms with E-state index in [-0.39, 0.29) is 63.0 Å². The van der Waals surface area contributed by atoms with Gasteiger partial charge in [-0.05, 0) is 61.3 Å². The quantitative estimate of drug-likeness (QED) is 0.282. The van der Waals surface area contributed by atoms with Crippen LogP contribution in [0.5, 0.6) is 0 Å². The number of halogens is 6. The second-order valence-corrected chi connectivity index (χ2v) is 12.8. The molecule has 16 heteroatoms. The predicted octanol–water partition coefficient (Wildman–Crippen LogP) is 5.91. The SMILES string of the molecule is CC(C)[C@]1(C(=O)NCc2cc(C(F)(F)F)cc3c2[nH]c(=O)n3C(=O)OCc2ccccc2)CC[C@@H](N(C(=O)C(F)(F)F)C2CCOCC2)C1. The van der Waals surface area contributed by atoms with Gasteiger partial charge in [-0.15, -0.1) is 0 Å². The molecule has 2 fully saturated rings. The van der Waals surface area contributed by atoms with Gasteiger partial charge in [0.15, 0.2) is 0 Å². The number of ether oxygens (including phenoxy) is 2. The summed E-state index contributed by atoms with van der Waals surface area (Å²) in [4.78, 5) is 55.5. The van der Waals surface area contributed by atoms with E-state index in [4.69, 9.17) is 9.47 Å². The van der Waals surface area contributed by atoms with Crippen LogP contribution in [-0.4, -0.2) is 63.8 Å². The van der Waals surface area contributed by atoms with Crippen molar-refractivity contribution in [2.45, 2.75) is 83.5 Å². The maximum atomic E-state index is 14.0. The van der Waals surface area contributed by atoms with E-state index in [9.17, 15) is 45.5 Å². The Morgan fingerprint density at radius 3 is 2.33 bits per heavy atom. The summed E-state index contributed by atoms with van der Waals surface area (Å²) in [6.45, 7) is 3.05. The summed E-state index contributed by atoms with van der Waals surface area (Å²) in [7, 11) is 0. The average molecular weight is 699 g/mol. The maximum Gasteiger partial charge on any atom is 0.471 e. The Hall–Kier alpha value is -4.34. The first-order chi connectivity index (χ1) is 23.0. The molecular weight excluding hydrogens is 662 g/mol. The Bertz CT molecular complexity index is 1750. The molecule has 5 rings (SSSR count). The Morgan fingerprint density at radius 1 is 1.04 bits per heavy atom. The molecule has 0 bridgehead atoms. The Balaban J connectivity index is 1.41. The van der Waals surface area contributed by atoms with Crippen molar-refractivity contribution in [2.75, 3.05) is 13.2 Å². The lowest BCUT2D eigenvalue weighted by atomic mass is 9.74. The number of aromatic amines is 1. The number of hydrogen-bond acceptors (Lipinski definition) is 6. The minimum absolute atomic E-state index is 0.0891. The number of benzene rings is 2.